The fourth-order valence-electron chi connectivity index (χ4n) is 1.81. The van der Waals surface area contributed by atoms with Crippen LogP contribution in [0.1, 0.15) is 10.4 Å². The Hall–Kier alpha value is -1.71. The zero-order valence-corrected chi connectivity index (χ0v) is 11.5. The maximum atomic E-state index is 12.1. The smallest absolute Gasteiger partial charge is 0.270 e. The van der Waals surface area contributed by atoms with Crippen molar-refractivity contribution >= 4 is 33.2 Å². The molecule has 1 heterocycles. The minimum Gasteiger partial charge on any atom is -0.390 e. The van der Waals surface area contributed by atoms with Crippen molar-refractivity contribution in [3.63, 3.8) is 0 Å². The molecule has 0 aromatic heterocycles. The van der Waals surface area contributed by atoms with Crippen molar-refractivity contribution in [1.29, 1.82) is 0 Å². The number of carbonyl (C=O) groups is 1. The number of nitro benzene ring substituents is 1. The number of aliphatic hydroxyl groups is 1. The lowest BCUT2D eigenvalue weighted by Crippen LogP contribution is -2.37. The van der Waals surface area contributed by atoms with Crippen molar-refractivity contribution in [2.45, 2.75) is 11.0 Å². The van der Waals surface area contributed by atoms with Crippen LogP contribution >= 0.6 is 11.6 Å². The largest absolute Gasteiger partial charge is 0.390 e. The number of rotatable bonds is 4. The van der Waals surface area contributed by atoms with Crippen LogP contribution in [0, 0.1) is 10.1 Å². The first-order chi connectivity index (χ1) is 9.28. The summed E-state index contributed by atoms with van der Waals surface area (Å²) in [6.45, 7) is -0.493. The number of halogens is 1. The number of nitro groups is 1. The molecular weight excluding hydrogens is 312 g/mol. The number of hydrogen-bond donors (Lipinski definition) is 1. The molecule has 0 saturated carbocycles. The van der Waals surface area contributed by atoms with Crippen molar-refractivity contribution in [3.8, 4) is 0 Å². The summed E-state index contributed by atoms with van der Waals surface area (Å²) in [6, 6.07) is 2.92. The molecule has 0 bridgehead atoms. The average molecular weight is 321 g/mol. The van der Waals surface area contributed by atoms with Gasteiger partial charge in [0, 0.05) is 12.1 Å². The monoisotopic (exact) mass is 320 g/mol. The van der Waals surface area contributed by atoms with Crippen LogP contribution in [0.4, 0.5) is 5.69 Å². The van der Waals surface area contributed by atoms with Gasteiger partial charge in [0.25, 0.3) is 21.6 Å². The highest BCUT2D eigenvalue weighted by Gasteiger charge is 2.42. The SMILES string of the molecule is O=C1c2cc([N+](=O)[O-])ccc2S(=O)(=O)N1CC(O)CCl. The second-order valence-electron chi connectivity index (χ2n) is 4.09. The van der Waals surface area contributed by atoms with Gasteiger partial charge in [0.1, 0.15) is 4.90 Å². The summed E-state index contributed by atoms with van der Waals surface area (Å²) in [5, 5.41) is 20.0. The van der Waals surface area contributed by atoms with Gasteiger partial charge in [-0.2, -0.15) is 0 Å². The summed E-state index contributed by atoms with van der Waals surface area (Å²) >= 11 is 5.38. The second-order valence-corrected chi connectivity index (χ2v) is 6.23. The standard InChI is InChI=1S/C10H9ClN2O6S/c11-4-7(14)5-12-10(15)8-3-6(13(16)17)1-2-9(8)20(12,18)19/h1-3,7,14H,4-5H2. The van der Waals surface area contributed by atoms with Gasteiger partial charge in [-0.1, -0.05) is 0 Å². The van der Waals surface area contributed by atoms with Gasteiger partial charge < -0.3 is 5.11 Å². The van der Waals surface area contributed by atoms with E-state index < -0.39 is 33.5 Å². The first-order valence-electron chi connectivity index (χ1n) is 5.38. The fourth-order valence-corrected chi connectivity index (χ4v) is 3.49. The van der Waals surface area contributed by atoms with E-state index in [4.69, 9.17) is 11.6 Å². The van der Waals surface area contributed by atoms with Gasteiger partial charge in [0.15, 0.2) is 0 Å². The van der Waals surface area contributed by atoms with Crippen molar-refractivity contribution in [1.82, 2.24) is 4.31 Å². The second kappa shape index (κ2) is 5.00. The molecule has 0 aliphatic carbocycles. The molecule has 0 saturated heterocycles. The number of benzene rings is 1. The minimum absolute atomic E-state index is 0.240. The Morgan fingerprint density at radius 1 is 1.45 bits per heavy atom. The number of non-ortho nitro benzene ring substituents is 1. The number of β-amino-alcohol motifs (C(OH)–C–C–N with tert-alkyl or cyclic N) is 1. The van der Waals surface area contributed by atoms with Crippen molar-refractivity contribution in [2.24, 2.45) is 0 Å². The van der Waals surface area contributed by atoms with Crippen molar-refractivity contribution < 1.29 is 23.2 Å². The van der Waals surface area contributed by atoms with E-state index in [1.807, 2.05) is 0 Å². The Balaban J connectivity index is 2.50. The number of nitrogens with zero attached hydrogens (tertiary/aromatic N) is 2. The van der Waals surface area contributed by atoms with E-state index in [1.54, 1.807) is 0 Å². The summed E-state index contributed by atoms with van der Waals surface area (Å²) in [5.74, 6) is -1.15. The lowest BCUT2D eigenvalue weighted by atomic mass is 10.2. The van der Waals surface area contributed by atoms with Gasteiger partial charge in [0.05, 0.1) is 29.0 Å². The van der Waals surface area contributed by atoms with E-state index in [1.165, 1.54) is 0 Å². The molecule has 10 heteroatoms. The van der Waals surface area contributed by atoms with Gasteiger partial charge >= 0.3 is 0 Å². The number of fused-ring (bicyclic) bond motifs is 1. The van der Waals surface area contributed by atoms with E-state index >= 15 is 0 Å². The number of sulfonamides is 1. The normalized spacial score (nSPS) is 17.9. The van der Waals surface area contributed by atoms with Gasteiger partial charge in [0.2, 0.25) is 0 Å². The molecule has 0 radical (unpaired) electrons. The molecule has 1 N–H and O–H groups in total. The number of hydrogen-bond acceptors (Lipinski definition) is 6. The Labute approximate surface area is 118 Å². The molecule has 1 aliphatic rings. The number of amides is 1. The highest BCUT2D eigenvalue weighted by molar-refractivity contribution is 7.90. The topological polar surface area (TPSA) is 118 Å². The predicted octanol–water partition coefficient (Wildman–Crippen LogP) is 0.339. The van der Waals surface area contributed by atoms with Crippen LogP contribution in [-0.2, 0) is 10.0 Å². The van der Waals surface area contributed by atoms with Crippen LogP contribution in [0.25, 0.3) is 0 Å². The number of carbonyl (C=O) groups excluding carboxylic acids is 1. The molecule has 1 aromatic rings. The van der Waals surface area contributed by atoms with Crippen LogP contribution in [0.2, 0.25) is 0 Å². The Kier molecular flexibility index (Phi) is 3.67. The number of aliphatic hydroxyl groups excluding tert-OH is 1. The molecule has 1 unspecified atom stereocenters. The number of alkyl halides is 1. The van der Waals surface area contributed by atoms with Gasteiger partial charge in [-0.25, -0.2) is 12.7 Å². The van der Waals surface area contributed by atoms with Gasteiger partial charge in [-0.3, -0.25) is 14.9 Å². The molecule has 2 rings (SSSR count). The zero-order valence-electron chi connectivity index (χ0n) is 9.89. The maximum Gasteiger partial charge on any atom is 0.270 e. The molecule has 20 heavy (non-hydrogen) atoms. The molecule has 0 fully saturated rings. The van der Waals surface area contributed by atoms with E-state index in [2.05, 4.69) is 0 Å². The van der Waals surface area contributed by atoms with E-state index in [0.717, 1.165) is 18.2 Å². The van der Waals surface area contributed by atoms with Crippen LogP contribution in [0.5, 0.6) is 0 Å². The van der Waals surface area contributed by atoms with Gasteiger partial charge in [-0.15, -0.1) is 11.6 Å². The third-order valence-electron chi connectivity index (χ3n) is 2.75. The Bertz CT molecular complexity index is 689. The molecule has 0 spiro atoms. The van der Waals surface area contributed by atoms with E-state index in [-0.39, 0.29) is 22.0 Å². The van der Waals surface area contributed by atoms with Crippen LogP contribution in [0.3, 0.4) is 0 Å². The summed E-state index contributed by atoms with van der Waals surface area (Å²) < 4.78 is 24.7. The Morgan fingerprint density at radius 2 is 2.10 bits per heavy atom. The lowest BCUT2D eigenvalue weighted by molar-refractivity contribution is -0.384. The summed E-state index contributed by atoms with van der Waals surface area (Å²) in [4.78, 5) is 21.6. The molecule has 8 nitrogen and oxygen atoms in total. The average Bonchev–Trinajstić information content (AvgIpc) is 2.59. The zero-order chi connectivity index (χ0) is 15.1. The summed E-state index contributed by atoms with van der Waals surface area (Å²) in [7, 11) is -4.10. The highest BCUT2D eigenvalue weighted by atomic mass is 35.5. The van der Waals surface area contributed by atoms with Crippen LogP contribution < -0.4 is 0 Å². The molecule has 1 aromatic carbocycles. The first-order valence-corrected chi connectivity index (χ1v) is 7.36. The van der Waals surface area contributed by atoms with Crippen molar-refractivity contribution in [2.75, 3.05) is 12.4 Å². The fraction of sp³-hybridized carbons (Fsp3) is 0.300. The third-order valence-corrected chi connectivity index (χ3v) is 4.92. The van der Waals surface area contributed by atoms with Gasteiger partial charge in [-0.05, 0) is 6.07 Å². The summed E-state index contributed by atoms with van der Waals surface area (Å²) in [5.41, 5.74) is -0.659. The maximum absolute atomic E-state index is 12.1. The van der Waals surface area contributed by atoms with Crippen LogP contribution in [-0.4, -0.2) is 47.2 Å². The van der Waals surface area contributed by atoms with E-state index in [0.29, 0.717) is 4.31 Å². The summed E-state index contributed by atoms with van der Waals surface area (Å²) in [6.07, 6.45) is -1.21. The molecule has 1 atom stereocenters. The Morgan fingerprint density at radius 3 is 2.65 bits per heavy atom. The van der Waals surface area contributed by atoms with Crippen LogP contribution in [0.15, 0.2) is 23.1 Å². The highest BCUT2D eigenvalue weighted by Crippen LogP contribution is 2.32. The molecule has 1 aliphatic heterocycles. The molecular formula is C10H9ClN2O6S. The predicted molar refractivity (Wildman–Crippen MR) is 68.0 cm³/mol. The third kappa shape index (κ3) is 2.23. The van der Waals surface area contributed by atoms with E-state index in [9.17, 15) is 28.4 Å². The van der Waals surface area contributed by atoms with Crippen molar-refractivity contribution in [3.05, 3.63) is 33.9 Å². The molecule has 108 valence electrons. The minimum atomic E-state index is -4.10. The molecule has 1 amide bonds. The lowest BCUT2D eigenvalue weighted by Gasteiger charge is -2.17. The first kappa shape index (κ1) is 14.7. The quantitative estimate of drug-likeness (QED) is 0.485.